The molecule has 1 unspecified atom stereocenters. The summed E-state index contributed by atoms with van der Waals surface area (Å²) in [4.78, 5) is 14.5. The number of rotatable bonds is 5. The van der Waals surface area contributed by atoms with E-state index in [2.05, 4.69) is 9.36 Å². The molecule has 1 N–H and O–H groups in total. The number of carboxylic acid groups (broad SMARTS) is 1. The van der Waals surface area contributed by atoms with E-state index in [1.54, 1.807) is 0 Å². The molecule has 0 saturated heterocycles. The van der Waals surface area contributed by atoms with E-state index in [0.29, 0.717) is 4.34 Å². The van der Waals surface area contributed by atoms with Crippen LogP contribution in [0.25, 0.3) is 0 Å². The van der Waals surface area contributed by atoms with Gasteiger partial charge in [-0.15, -0.1) is 0 Å². The molecule has 1 aromatic heterocycles. The molecular weight excluding hydrogens is 212 g/mol. The van der Waals surface area contributed by atoms with E-state index in [-0.39, 0.29) is 6.61 Å². The first-order valence-electron chi connectivity index (χ1n) is 3.39. The summed E-state index contributed by atoms with van der Waals surface area (Å²) in [6.07, 6.45) is 1.40. The van der Waals surface area contributed by atoms with Crippen LogP contribution in [0.5, 0.6) is 0 Å². The van der Waals surface area contributed by atoms with Crippen molar-refractivity contribution >= 4 is 29.3 Å². The van der Waals surface area contributed by atoms with Crippen LogP contribution in [0.3, 0.4) is 0 Å². The van der Waals surface area contributed by atoms with E-state index in [9.17, 15) is 4.79 Å². The minimum atomic E-state index is -0.901. The summed E-state index contributed by atoms with van der Waals surface area (Å²) in [7, 11) is 1.47. The lowest BCUT2D eigenvalue weighted by molar-refractivity contribution is -0.137. The Balaban J connectivity index is 2.52. The third-order valence-electron chi connectivity index (χ3n) is 1.18. The van der Waals surface area contributed by atoms with Crippen LogP contribution < -0.4 is 0 Å². The molecule has 1 rings (SSSR count). The lowest BCUT2D eigenvalue weighted by atomic mass is 10.5. The summed E-state index contributed by atoms with van der Waals surface area (Å²) >= 11 is 2.33. The summed E-state index contributed by atoms with van der Waals surface area (Å²) in [5, 5.41) is 8.15. The summed E-state index contributed by atoms with van der Waals surface area (Å²) in [6.45, 7) is 0.166. The molecule has 1 aromatic rings. The van der Waals surface area contributed by atoms with Gasteiger partial charge in [0.05, 0.1) is 6.61 Å². The first kappa shape index (κ1) is 10.4. The topological polar surface area (TPSA) is 72.3 Å². The first-order chi connectivity index (χ1) is 6.24. The number of nitrogens with zero attached hydrogens (tertiary/aromatic N) is 2. The van der Waals surface area contributed by atoms with E-state index >= 15 is 0 Å². The molecule has 0 aliphatic rings. The molecule has 5 nitrogen and oxygen atoms in total. The van der Waals surface area contributed by atoms with Gasteiger partial charge in [0, 0.05) is 7.11 Å². The fraction of sp³-hybridized carbons (Fsp3) is 0.500. The van der Waals surface area contributed by atoms with Gasteiger partial charge in [0.2, 0.25) is 0 Å². The van der Waals surface area contributed by atoms with Gasteiger partial charge in [-0.25, -0.2) is 4.98 Å². The van der Waals surface area contributed by atoms with Crippen LogP contribution in [0.2, 0.25) is 0 Å². The Hall–Kier alpha value is -0.660. The highest BCUT2D eigenvalue weighted by Crippen LogP contribution is 2.24. The number of thioether (sulfide) groups is 1. The molecule has 0 aliphatic heterocycles. The molecule has 0 aromatic carbocycles. The molecule has 7 heteroatoms. The standard InChI is InChI=1S/C6H8N2O3S2/c1-11-2-4(5(9)10)12-6-7-3-8-13-6/h3-4H,2H2,1H3,(H,9,10). The van der Waals surface area contributed by atoms with Crippen LogP contribution in [-0.4, -0.2) is 39.4 Å². The fourth-order valence-electron chi connectivity index (χ4n) is 0.644. The summed E-state index contributed by atoms with van der Waals surface area (Å²) in [5.74, 6) is -0.901. The van der Waals surface area contributed by atoms with Gasteiger partial charge in [-0.05, 0) is 11.5 Å². The smallest absolute Gasteiger partial charge is 0.319 e. The largest absolute Gasteiger partial charge is 0.480 e. The molecule has 0 bridgehead atoms. The number of aliphatic carboxylic acids is 1. The molecule has 0 aliphatic carbocycles. The van der Waals surface area contributed by atoms with Crippen molar-refractivity contribution in [1.29, 1.82) is 0 Å². The number of ether oxygens (including phenoxy) is 1. The Morgan fingerprint density at radius 1 is 1.92 bits per heavy atom. The second-order valence-electron chi connectivity index (χ2n) is 2.11. The highest BCUT2D eigenvalue weighted by molar-refractivity contribution is 8.02. The van der Waals surface area contributed by atoms with Crippen molar-refractivity contribution in [1.82, 2.24) is 9.36 Å². The predicted octanol–water partition coefficient (Wildman–Crippen LogP) is 0.730. The maximum absolute atomic E-state index is 10.7. The summed E-state index contributed by atoms with van der Waals surface area (Å²) < 4.78 is 9.18. The average molecular weight is 220 g/mol. The maximum Gasteiger partial charge on any atom is 0.319 e. The molecule has 0 radical (unpaired) electrons. The Bertz CT molecular complexity index is 265. The fourth-order valence-corrected chi connectivity index (χ4v) is 2.23. The third kappa shape index (κ3) is 3.29. The van der Waals surface area contributed by atoms with E-state index in [1.807, 2.05) is 0 Å². The second kappa shape index (κ2) is 5.15. The quantitative estimate of drug-likeness (QED) is 0.737. The Labute approximate surface area is 83.3 Å². The van der Waals surface area contributed by atoms with Gasteiger partial charge in [-0.1, -0.05) is 11.8 Å². The van der Waals surface area contributed by atoms with Gasteiger partial charge in [0.25, 0.3) is 0 Å². The number of carboxylic acids is 1. The van der Waals surface area contributed by atoms with Crippen LogP contribution in [0.4, 0.5) is 0 Å². The molecule has 0 fully saturated rings. The molecule has 0 amide bonds. The monoisotopic (exact) mass is 220 g/mol. The minimum Gasteiger partial charge on any atom is -0.480 e. The van der Waals surface area contributed by atoms with Crippen molar-refractivity contribution in [3.63, 3.8) is 0 Å². The first-order valence-corrected chi connectivity index (χ1v) is 5.04. The van der Waals surface area contributed by atoms with Crippen LogP contribution in [0, 0.1) is 0 Å². The van der Waals surface area contributed by atoms with Crippen molar-refractivity contribution in [3.8, 4) is 0 Å². The summed E-state index contributed by atoms with van der Waals surface area (Å²) in [5.41, 5.74) is 0. The number of methoxy groups -OCH3 is 1. The average Bonchev–Trinajstić information content (AvgIpc) is 2.56. The zero-order chi connectivity index (χ0) is 9.68. The van der Waals surface area contributed by atoms with Crippen LogP contribution in [0.15, 0.2) is 10.7 Å². The van der Waals surface area contributed by atoms with Crippen LogP contribution >= 0.6 is 23.3 Å². The van der Waals surface area contributed by atoms with E-state index in [4.69, 9.17) is 9.84 Å². The van der Waals surface area contributed by atoms with Crippen molar-refractivity contribution < 1.29 is 14.6 Å². The van der Waals surface area contributed by atoms with Crippen molar-refractivity contribution in [2.75, 3.05) is 13.7 Å². The lowest BCUT2D eigenvalue weighted by Gasteiger charge is -2.07. The molecule has 1 heterocycles. The van der Waals surface area contributed by atoms with Crippen LogP contribution in [-0.2, 0) is 9.53 Å². The van der Waals surface area contributed by atoms with Crippen molar-refractivity contribution in [2.45, 2.75) is 9.59 Å². The zero-order valence-corrected chi connectivity index (χ0v) is 8.47. The normalized spacial score (nSPS) is 12.7. The van der Waals surface area contributed by atoms with Gasteiger partial charge in [0.15, 0.2) is 4.34 Å². The van der Waals surface area contributed by atoms with Crippen molar-refractivity contribution in [3.05, 3.63) is 6.33 Å². The van der Waals surface area contributed by atoms with Gasteiger partial charge in [-0.2, -0.15) is 4.37 Å². The second-order valence-corrected chi connectivity index (χ2v) is 4.34. The van der Waals surface area contributed by atoms with Gasteiger partial charge in [0.1, 0.15) is 11.6 Å². The Kier molecular flexibility index (Phi) is 4.13. The molecule has 72 valence electrons. The highest BCUT2D eigenvalue weighted by atomic mass is 32.2. The molecule has 0 spiro atoms. The van der Waals surface area contributed by atoms with Gasteiger partial charge >= 0.3 is 5.97 Å². The summed E-state index contributed by atoms with van der Waals surface area (Å²) in [6, 6.07) is 0. The number of hydrogen-bond donors (Lipinski definition) is 1. The SMILES string of the molecule is COCC(Sc1ncns1)C(=O)O. The Morgan fingerprint density at radius 3 is 3.15 bits per heavy atom. The Morgan fingerprint density at radius 2 is 2.69 bits per heavy atom. The van der Waals surface area contributed by atoms with E-state index < -0.39 is 11.2 Å². The highest BCUT2D eigenvalue weighted by Gasteiger charge is 2.19. The number of carbonyl (C=O) groups is 1. The van der Waals surface area contributed by atoms with Gasteiger partial charge in [-0.3, -0.25) is 4.79 Å². The maximum atomic E-state index is 10.7. The van der Waals surface area contributed by atoms with E-state index in [0.717, 1.165) is 11.8 Å². The predicted molar refractivity (Wildman–Crippen MR) is 49.1 cm³/mol. The molecule has 13 heavy (non-hydrogen) atoms. The van der Waals surface area contributed by atoms with Crippen LogP contribution in [0.1, 0.15) is 0 Å². The van der Waals surface area contributed by atoms with E-state index in [1.165, 1.54) is 25.0 Å². The van der Waals surface area contributed by atoms with Crippen molar-refractivity contribution in [2.24, 2.45) is 0 Å². The zero-order valence-electron chi connectivity index (χ0n) is 6.84. The number of aromatic nitrogens is 2. The number of hydrogen-bond acceptors (Lipinski definition) is 6. The third-order valence-corrected chi connectivity index (χ3v) is 3.08. The lowest BCUT2D eigenvalue weighted by Crippen LogP contribution is -2.21. The molecule has 0 saturated carbocycles. The molecule has 1 atom stereocenters. The molecular formula is C6H8N2O3S2. The minimum absolute atomic E-state index is 0.166. The van der Waals surface area contributed by atoms with Gasteiger partial charge < -0.3 is 9.84 Å².